The normalized spacial score (nSPS) is 18.3. The Morgan fingerprint density at radius 3 is 2.73 bits per heavy atom. The number of piperidine rings is 1. The minimum absolute atomic E-state index is 0.0763. The fraction of sp³-hybridized carbons (Fsp3) is 0.409. The van der Waals surface area contributed by atoms with Crippen LogP contribution in [-0.4, -0.2) is 45.5 Å². The van der Waals surface area contributed by atoms with E-state index in [2.05, 4.69) is 25.5 Å². The highest BCUT2D eigenvalue weighted by atomic mass is 35.5. The van der Waals surface area contributed by atoms with Gasteiger partial charge in [-0.15, -0.1) is 0 Å². The summed E-state index contributed by atoms with van der Waals surface area (Å²) in [6.45, 7) is 1.20. The van der Waals surface area contributed by atoms with E-state index in [-0.39, 0.29) is 29.8 Å². The molecule has 2 fully saturated rings. The fourth-order valence-electron chi connectivity index (χ4n) is 3.88. The Hall–Kier alpha value is -2.98. The van der Waals surface area contributed by atoms with Gasteiger partial charge in [-0.2, -0.15) is 4.98 Å². The molecule has 33 heavy (non-hydrogen) atoms. The van der Waals surface area contributed by atoms with E-state index in [1.165, 1.54) is 22.2 Å². The SMILES string of the molecule is O=C(Cn1cnc2nc(N3CCC[C@@H](C(=O)NC4CC4)C3)sc2c1=O)Nc1ccc(Cl)cc1. The molecule has 0 bridgehead atoms. The van der Waals surface area contributed by atoms with Crippen molar-refractivity contribution in [2.75, 3.05) is 23.3 Å². The summed E-state index contributed by atoms with van der Waals surface area (Å²) in [6.07, 6.45) is 5.22. The van der Waals surface area contributed by atoms with Gasteiger partial charge < -0.3 is 15.5 Å². The third-order valence-corrected chi connectivity index (χ3v) is 7.15. The van der Waals surface area contributed by atoms with Crippen molar-refractivity contribution in [1.82, 2.24) is 19.9 Å². The number of halogens is 1. The van der Waals surface area contributed by atoms with Gasteiger partial charge in [0.1, 0.15) is 17.6 Å². The van der Waals surface area contributed by atoms with Crippen LogP contribution in [0, 0.1) is 5.92 Å². The van der Waals surface area contributed by atoms with Crippen LogP contribution in [0.1, 0.15) is 25.7 Å². The van der Waals surface area contributed by atoms with Crippen LogP contribution in [0.15, 0.2) is 35.4 Å². The molecule has 2 N–H and O–H groups in total. The van der Waals surface area contributed by atoms with Crippen LogP contribution in [0.2, 0.25) is 5.02 Å². The number of nitrogens with zero attached hydrogens (tertiary/aromatic N) is 4. The van der Waals surface area contributed by atoms with Crippen LogP contribution < -0.4 is 21.1 Å². The Balaban J connectivity index is 1.29. The lowest BCUT2D eigenvalue weighted by atomic mass is 9.97. The van der Waals surface area contributed by atoms with Gasteiger partial charge in [-0.1, -0.05) is 22.9 Å². The molecule has 172 valence electrons. The van der Waals surface area contributed by atoms with E-state index in [1.807, 2.05) is 0 Å². The quantitative estimate of drug-likeness (QED) is 0.554. The number of carbonyl (C=O) groups excluding carboxylic acids is 2. The van der Waals surface area contributed by atoms with Crippen molar-refractivity contribution in [3.8, 4) is 0 Å². The topological polar surface area (TPSA) is 109 Å². The number of benzene rings is 1. The van der Waals surface area contributed by atoms with Gasteiger partial charge in [0.2, 0.25) is 11.8 Å². The second-order valence-electron chi connectivity index (χ2n) is 8.45. The van der Waals surface area contributed by atoms with E-state index in [0.29, 0.717) is 38.8 Å². The van der Waals surface area contributed by atoms with Gasteiger partial charge in [-0.3, -0.25) is 19.0 Å². The van der Waals surface area contributed by atoms with Gasteiger partial charge in [-0.05, 0) is 49.9 Å². The van der Waals surface area contributed by atoms with E-state index in [0.717, 1.165) is 32.2 Å². The highest BCUT2D eigenvalue weighted by Crippen LogP contribution is 2.30. The van der Waals surface area contributed by atoms with E-state index in [9.17, 15) is 14.4 Å². The first kappa shape index (κ1) is 21.8. The van der Waals surface area contributed by atoms with Crippen LogP contribution in [0.25, 0.3) is 10.3 Å². The molecule has 0 spiro atoms. The predicted octanol–water partition coefficient (Wildman–Crippen LogP) is 2.64. The van der Waals surface area contributed by atoms with Crippen LogP contribution in [0.5, 0.6) is 0 Å². The molecular weight excluding hydrogens is 464 g/mol. The zero-order valence-electron chi connectivity index (χ0n) is 17.8. The molecule has 1 saturated heterocycles. The average Bonchev–Trinajstić information content (AvgIpc) is 3.51. The van der Waals surface area contributed by atoms with Crippen LogP contribution >= 0.6 is 22.9 Å². The maximum atomic E-state index is 13.0. The lowest BCUT2D eigenvalue weighted by molar-refractivity contribution is -0.125. The fourth-order valence-corrected chi connectivity index (χ4v) is 5.01. The first-order valence-corrected chi connectivity index (χ1v) is 12.1. The van der Waals surface area contributed by atoms with Gasteiger partial charge >= 0.3 is 0 Å². The van der Waals surface area contributed by atoms with Gasteiger partial charge in [0.25, 0.3) is 5.56 Å². The van der Waals surface area contributed by atoms with E-state index in [4.69, 9.17) is 11.6 Å². The number of aromatic nitrogens is 3. The molecule has 11 heteroatoms. The molecule has 0 radical (unpaired) electrons. The van der Waals surface area contributed by atoms with Gasteiger partial charge in [-0.25, -0.2) is 4.98 Å². The van der Waals surface area contributed by atoms with Crippen LogP contribution in [0.4, 0.5) is 10.8 Å². The standard InChI is InChI=1S/C22H23ClN6O3S/c23-14-3-5-15(6-4-14)25-17(30)11-29-12-24-19-18(21(29)32)33-22(27-19)28-9-1-2-13(10-28)20(31)26-16-7-8-16/h3-6,12-13,16H,1-2,7-11H2,(H,25,30)(H,26,31)/t13-/m1/s1. The second kappa shape index (κ2) is 9.11. The van der Waals surface area contributed by atoms with E-state index >= 15 is 0 Å². The zero-order chi connectivity index (χ0) is 22.9. The Morgan fingerprint density at radius 1 is 1.18 bits per heavy atom. The molecule has 0 unspecified atom stereocenters. The monoisotopic (exact) mass is 486 g/mol. The summed E-state index contributed by atoms with van der Waals surface area (Å²) < 4.78 is 1.67. The number of rotatable bonds is 6. The smallest absolute Gasteiger partial charge is 0.273 e. The highest BCUT2D eigenvalue weighted by Gasteiger charge is 2.31. The maximum Gasteiger partial charge on any atom is 0.273 e. The number of fused-ring (bicyclic) bond motifs is 1. The summed E-state index contributed by atoms with van der Waals surface area (Å²) >= 11 is 7.12. The van der Waals surface area contributed by atoms with Crippen molar-refractivity contribution in [3.05, 3.63) is 46.0 Å². The largest absolute Gasteiger partial charge is 0.353 e. The highest BCUT2D eigenvalue weighted by molar-refractivity contribution is 7.22. The summed E-state index contributed by atoms with van der Waals surface area (Å²) in [4.78, 5) is 48.7. The van der Waals surface area contributed by atoms with E-state index < -0.39 is 0 Å². The Morgan fingerprint density at radius 2 is 1.97 bits per heavy atom. The zero-order valence-corrected chi connectivity index (χ0v) is 19.4. The third kappa shape index (κ3) is 5.01. The number of amides is 2. The number of hydrogen-bond donors (Lipinski definition) is 2. The number of anilines is 2. The molecule has 3 heterocycles. The molecule has 2 amide bonds. The van der Waals surface area contributed by atoms with Crippen molar-refractivity contribution in [1.29, 1.82) is 0 Å². The maximum absolute atomic E-state index is 13.0. The second-order valence-corrected chi connectivity index (χ2v) is 9.86. The third-order valence-electron chi connectivity index (χ3n) is 5.80. The number of carbonyl (C=O) groups is 2. The van der Waals surface area contributed by atoms with E-state index in [1.54, 1.807) is 24.3 Å². The number of thiazole rings is 1. The molecule has 1 atom stereocenters. The predicted molar refractivity (Wildman–Crippen MR) is 128 cm³/mol. The van der Waals surface area contributed by atoms with Gasteiger partial charge in [0.05, 0.1) is 5.92 Å². The van der Waals surface area contributed by atoms with Crippen molar-refractivity contribution < 1.29 is 9.59 Å². The first-order chi connectivity index (χ1) is 16.0. The number of hydrogen-bond acceptors (Lipinski definition) is 7. The minimum atomic E-state index is -0.342. The summed E-state index contributed by atoms with van der Waals surface area (Å²) in [5.41, 5.74) is 0.644. The molecule has 3 aromatic rings. The first-order valence-electron chi connectivity index (χ1n) is 10.9. The van der Waals surface area contributed by atoms with Crippen molar-refractivity contribution in [3.63, 3.8) is 0 Å². The lowest BCUT2D eigenvalue weighted by Gasteiger charge is -2.31. The Kier molecular flexibility index (Phi) is 6.03. The van der Waals surface area contributed by atoms with Gasteiger partial charge in [0, 0.05) is 29.8 Å². The molecule has 2 aliphatic rings. The number of nitrogens with one attached hydrogen (secondary N) is 2. The Bertz CT molecular complexity index is 1250. The summed E-state index contributed by atoms with van der Waals surface area (Å²) in [5, 5.41) is 7.08. The molecule has 1 aliphatic carbocycles. The molecule has 1 aromatic carbocycles. The van der Waals surface area contributed by atoms with Crippen molar-refractivity contribution >= 4 is 55.9 Å². The summed E-state index contributed by atoms with van der Waals surface area (Å²) in [6, 6.07) is 7.08. The Labute approximate surface area is 198 Å². The molecule has 2 aromatic heterocycles. The average molecular weight is 487 g/mol. The summed E-state index contributed by atoms with van der Waals surface area (Å²) in [7, 11) is 0. The van der Waals surface area contributed by atoms with Crippen molar-refractivity contribution in [2.45, 2.75) is 38.3 Å². The molecule has 1 saturated carbocycles. The molecule has 9 nitrogen and oxygen atoms in total. The summed E-state index contributed by atoms with van der Waals surface area (Å²) in [5.74, 6) is -0.311. The minimum Gasteiger partial charge on any atom is -0.353 e. The molecule has 1 aliphatic heterocycles. The van der Waals surface area contributed by atoms with Crippen molar-refractivity contribution in [2.24, 2.45) is 5.92 Å². The van der Waals surface area contributed by atoms with Gasteiger partial charge in [0.15, 0.2) is 10.8 Å². The van der Waals surface area contributed by atoms with Crippen LogP contribution in [0.3, 0.4) is 0 Å². The lowest BCUT2D eigenvalue weighted by Crippen LogP contribution is -2.43. The molecule has 5 rings (SSSR count). The van der Waals surface area contributed by atoms with Crippen LogP contribution in [-0.2, 0) is 16.1 Å². The molecular formula is C22H23ClN6O3S.